The van der Waals surface area contributed by atoms with Gasteiger partial charge in [-0.15, -0.1) is 11.8 Å². The number of halogens is 6. The zero-order chi connectivity index (χ0) is 22.6. The number of alkyl halides is 5. The molecule has 30 heavy (non-hydrogen) atoms. The van der Waals surface area contributed by atoms with Crippen LogP contribution in [-0.2, 0) is 23.1 Å². The number of nitrogens with zero attached hydrogens (tertiary/aromatic N) is 1. The van der Waals surface area contributed by atoms with Gasteiger partial charge >= 0.3 is 12.1 Å². The van der Waals surface area contributed by atoms with Crippen LogP contribution in [0.5, 0.6) is 0 Å². The van der Waals surface area contributed by atoms with Crippen LogP contribution in [0.25, 0.3) is 0 Å². The highest BCUT2D eigenvalue weighted by molar-refractivity contribution is 9.10. The lowest BCUT2D eigenvalue weighted by molar-refractivity contribution is -0.142. The molecule has 10 heteroatoms. The van der Waals surface area contributed by atoms with Gasteiger partial charge in [0.1, 0.15) is 11.4 Å². The van der Waals surface area contributed by atoms with Gasteiger partial charge in [0.15, 0.2) is 0 Å². The van der Waals surface area contributed by atoms with Gasteiger partial charge in [0, 0.05) is 15.1 Å². The van der Waals surface area contributed by atoms with Crippen LogP contribution in [0, 0.1) is 5.92 Å². The van der Waals surface area contributed by atoms with Crippen LogP contribution in [0.15, 0.2) is 33.6 Å². The van der Waals surface area contributed by atoms with Crippen molar-refractivity contribution >= 4 is 33.7 Å². The van der Waals surface area contributed by atoms with Gasteiger partial charge in [-0.2, -0.15) is 13.2 Å². The number of hydrogen-bond donors (Lipinski definition) is 0. The highest BCUT2D eigenvalue weighted by Crippen LogP contribution is 2.40. The number of methoxy groups -OCH3 is 1. The molecule has 0 saturated heterocycles. The second-order valence-corrected chi connectivity index (χ2v) is 8.78. The van der Waals surface area contributed by atoms with Crippen LogP contribution in [0.4, 0.5) is 22.0 Å². The molecule has 0 atom stereocenters. The van der Waals surface area contributed by atoms with E-state index < -0.39 is 35.5 Å². The van der Waals surface area contributed by atoms with Crippen LogP contribution in [0.1, 0.15) is 53.1 Å². The smallest absolute Gasteiger partial charge is 0.433 e. The Morgan fingerprint density at radius 3 is 2.40 bits per heavy atom. The number of esters is 1. The summed E-state index contributed by atoms with van der Waals surface area (Å²) in [5.41, 5.74) is -3.58. The number of ether oxygens (including phenoxy) is 1. The Morgan fingerprint density at radius 1 is 1.23 bits per heavy atom. The minimum Gasteiger partial charge on any atom is -0.465 e. The third-order valence-electron chi connectivity index (χ3n) is 4.10. The summed E-state index contributed by atoms with van der Waals surface area (Å²) in [6.07, 6.45) is -8.33. The van der Waals surface area contributed by atoms with Crippen molar-refractivity contribution in [1.82, 2.24) is 4.98 Å². The zero-order valence-electron chi connectivity index (χ0n) is 16.3. The summed E-state index contributed by atoms with van der Waals surface area (Å²) < 4.78 is 73.8. The van der Waals surface area contributed by atoms with Crippen molar-refractivity contribution < 1.29 is 31.5 Å². The molecule has 0 unspecified atom stereocenters. The van der Waals surface area contributed by atoms with E-state index >= 15 is 0 Å². The van der Waals surface area contributed by atoms with E-state index in [9.17, 15) is 26.7 Å². The second-order valence-electron chi connectivity index (χ2n) is 6.81. The van der Waals surface area contributed by atoms with E-state index in [-0.39, 0.29) is 29.2 Å². The Balaban J connectivity index is 2.75. The van der Waals surface area contributed by atoms with Crippen LogP contribution < -0.4 is 0 Å². The molecule has 164 valence electrons. The summed E-state index contributed by atoms with van der Waals surface area (Å²) in [7, 11) is 0.990. The molecule has 0 radical (unpaired) electrons. The third-order valence-corrected chi connectivity index (χ3v) is 5.61. The molecule has 0 amide bonds. The summed E-state index contributed by atoms with van der Waals surface area (Å²) >= 11 is 4.39. The topological polar surface area (TPSA) is 39.2 Å². The molecule has 0 spiro atoms. The first-order valence-corrected chi connectivity index (χ1v) is 10.6. The van der Waals surface area contributed by atoms with Crippen LogP contribution >= 0.6 is 27.7 Å². The first kappa shape index (κ1) is 24.6. The molecule has 0 N–H and O–H groups in total. The average Bonchev–Trinajstić information content (AvgIpc) is 2.64. The lowest BCUT2D eigenvalue weighted by Crippen LogP contribution is -2.22. The molecule has 0 aliphatic heterocycles. The summed E-state index contributed by atoms with van der Waals surface area (Å²) in [6.45, 7) is 3.45. The van der Waals surface area contributed by atoms with Gasteiger partial charge in [0.05, 0.1) is 12.7 Å². The van der Waals surface area contributed by atoms with Gasteiger partial charge in [-0.25, -0.2) is 18.6 Å². The number of carbonyl (C=O) groups excluding carboxylic acids is 1. The van der Waals surface area contributed by atoms with Gasteiger partial charge in [-0.1, -0.05) is 35.8 Å². The molecule has 0 fully saturated rings. The lowest BCUT2D eigenvalue weighted by atomic mass is 9.91. The van der Waals surface area contributed by atoms with E-state index in [0.717, 1.165) is 23.3 Å². The highest BCUT2D eigenvalue weighted by atomic mass is 79.9. The molecule has 2 rings (SSSR count). The largest absolute Gasteiger partial charge is 0.465 e. The van der Waals surface area contributed by atoms with Crippen LogP contribution in [0.2, 0.25) is 0 Å². The Morgan fingerprint density at radius 2 is 1.90 bits per heavy atom. The van der Waals surface area contributed by atoms with Crippen molar-refractivity contribution in [2.45, 2.75) is 43.5 Å². The van der Waals surface area contributed by atoms with Gasteiger partial charge < -0.3 is 4.74 Å². The summed E-state index contributed by atoms with van der Waals surface area (Å²) in [5, 5.41) is 0. The molecule has 1 heterocycles. The molecular weight excluding hydrogens is 493 g/mol. The molecule has 3 nitrogen and oxygen atoms in total. The lowest BCUT2D eigenvalue weighted by Gasteiger charge is -2.22. The predicted molar refractivity (Wildman–Crippen MR) is 108 cm³/mol. The Hall–Kier alpha value is -1.68. The first-order valence-electron chi connectivity index (χ1n) is 8.83. The fraction of sp³-hybridized carbons (Fsp3) is 0.400. The van der Waals surface area contributed by atoms with E-state index in [1.54, 1.807) is 38.1 Å². The molecule has 0 aliphatic rings. The third kappa shape index (κ3) is 5.94. The van der Waals surface area contributed by atoms with Crippen molar-refractivity contribution in [2.75, 3.05) is 7.11 Å². The van der Waals surface area contributed by atoms with E-state index in [0.29, 0.717) is 4.90 Å². The first-order chi connectivity index (χ1) is 14.0. The minimum atomic E-state index is -4.96. The maximum absolute atomic E-state index is 13.8. The quantitative estimate of drug-likeness (QED) is 0.226. The van der Waals surface area contributed by atoms with Crippen molar-refractivity contribution in [2.24, 2.45) is 5.92 Å². The molecule has 0 saturated carbocycles. The number of pyridine rings is 1. The molecular formula is C20H19BrF5NO2S. The van der Waals surface area contributed by atoms with Crippen LogP contribution in [0.3, 0.4) is 0 Å². The van der Waals surface area contributed by atoms with Crippen molar-refractivity contribution in [1.29, 1.82) is 0 Å². The normalized spacial score (nSPS) is 12.0. The monoisotopic (exact) mass is 511 g/mol. The molecule has 1 aromatic heterocycles. The van der Waals surface area contributed by atoms with E-state index in [1.807, 2.05) is 0 Å². The van der Waals surface area contributed by atoms with Crippen molar-refractivity contribution in [3.8, 4) is 0 Å². The highest BCUT2D eigenvalue weighted by Gasteiger charge is 2.40. The predicted octanol–water partition coefficient (Wildman–Crippen LogP) is 7.08. The number of carbonyl (C=O) groups is 1. The molecule has 0 aliphatic carbocycles. The van der Waals surface area contributed by atoms with Crippen molar-refractivity contribution in [3.63, 3.8) is 0 Å². The number of thioether (sulfide) groups is 1. The fourth-order valence-electron chi connectivity index (χ4n) is 2.92. The standard InChI is InChI=1S/C20H19BrF5NO2S/c1-10(2)7-13-14(9-30-12-6-4-5-11(21)8-12)17(20(24,25)26)27-16(18(22)23)15(13)19(28)29-3/h4-6,8,10,18H,7,9H2,1-3H3. The van der Waals surface area contributed by atoms with Gasteiger partial charge in [-0.05, 0) is 41.7 Å². The Kier molecular flexibility index (Phi) is 8.27. The Bertz CT molecular complexity index is 919. The van der Waals surface area contributed by atoms with Gasteiger partial charge in [0.25, 0.3) is 6.43 Å². The maximum atomic E-state index is 13.8. The fourth-order valence-corrected chi connectivity index (χ4v) is 4.47. The van der Waals surface area contributed by atoms with E-state index in [4.69, 9.17) is 0 Å². The second kappa shape index (κ2) is 10.1. The number of benzene rings is 1. The Labute approximate surface area is 183 Å². The average molecular weight is 512 g/mol. The number of rotatable bonds is 7. The molecule has 2 aromatic rings. The summed E-state index contributed by atoms with van der Waals surface area (Å²) in [4.78, 5) is 16.2. The van der Waals surface area contributed by atoms with Gasteiger partial charge in [0.2, 0.25) is 0 Å². The SMILES string of the molecule is COC(=O)c1c(C(F)F)nc(C(F)(F)F)c(CSc2cccc(Br)c2)c1CC(C)C. The van der Waals surface area contributed by atoms with Crippen molar-refractivity contribution in [3.05, 3.63) is 56.8 Å². The van der Waals surface area contributed by atoms with Crippen LogP contribution in [-0.4, -0.2) is 18.1 Å². The molecule has 1 aromatic carbocycles. The number of aromatic nitrogens is 1. The number of hydrogen-bond acceptors (Lipinski definition) is 4. The minimum absolute atomic E-state index is 0.00979. The zero-order valence-corrected chi connectivity index (χ0v) is 18.7. The van der Waals surface area contributed by atoms with E-state index in [2.05, 4.69) is 25.7 Å². The summed E-state index contributed by atoms with van der Waals surface area (Å²) in [5.74, 6) is -1.53. The van der Waals surface area contributed by atoms with Gasteiger partial charge in [-0.3, -0.25) is 0 Å². The van der Waals surface area contributed by atoms with E-state index in [1.165, 1.54) is 0 Å². The molecule has 0 bridgehead atoms. The summed E-state index contributed by atoms with van der Waals surface area (Å²) in [6, 6.07) is 6.93. The maximum Gasteiger partial charge on any atom is 0.433 e.